The number of hydrogen-bond donors (Lipinski definition) is 1. The quantitative estimate of drug-likeness (QED) is 0.872. The molecule has 0 radical (unpaired) electrons. The van der Waals surface area contributed by atoms with Crippen LogP contribution in [-0.4, -0.2) is 44.1 Å². The maximum absolute atomic E-state index is 12.6. The number of amides is 1. The molecule has 2 atom stereocenters. The molecule has 4 heteroatoms. The Kier molecular flexibility index (Phi) is 3.35. The van der Waals surface area contributed by atoms with E-state index in [0.29, 0.717) is 11.8 Å². The molecule has 5 rings (SSSR count). The summed E-state index contributed by atoms with van der Waals surface area (Å²) in [6, 6.07) is 12.8. The maximum Gasteiger partial charge on any atom is 0.251 e. The van der Waals surface area contributed by atoms with Gasteiger partial charge in [-0.2, -0.15) is 0 Å². The van der Waals surface area contributed by atoms with Crippen molar-refractivity contribution in [1.82, 2.24) is 10.2 Å². The monoisotopic (exact) mass is 334 g/mol. The van der Waals surface area contributed by atoms with Crippen LogP contribution in [0.1, 0.15) is 27.4 Å². The molecule has 1 N–H and O–H groups in total. The number of fused-ring (bicyclic) bond motifs is 4. The fraction of sp³-hybridized carbons (Fsp3) is 0.381. The zero-order chi connectivity index (χ0) is 17.0. The predicted octanol–water partition coefficient (Wildman–Crippen LogP) is 2.68. The molecule has 2 aromatic carbocycles. The van der Waals surface area contributed by atoms with Crippen molar-refractivity contribution in [2.24, 2.45) is 5.92 Å². The van der Waals surface area contributed by atoms with E-state index in [1.54, 1.807) is 0 Å². The van der Waals surface area contributed by atoms with Crippen molar-refractivity contribution >= 4 is 5.91 Å². The SMILES string of the molecule is CN1C[C@H]2CNC(=O)c3cc(-c4ccc5c(c4)CCO5)ccc3[C@@H]2C1. The number of nitrogens with one attached hydrogen (secondary N) is 1. The summed E-state index contributed by atoms with van der Waals surface area (Å²) in [5.74, 6) is 2.02. The van der Waals surface area contributed by atoms with Gasteiger partial charge >= 0.3 is 0 Å². The van der Waals surface area contributed by atoms with Crippen molar-refractivity contribution in [2.45, 2.75) is 12.3 Å². The fourth-order valence-corrected chi connectivity index (χ4v) is 4.59. The molecule has 128 valence electrons. The van der Waals surface area contributed by atoms with E-state index < -0.39 is 0 Å². The average molecular weight is 334 g/mol. The van der Waals surface area contributed by atoms with Crippen molar-refractivity contribution in [2.75, 3.05) is 33.3 Å². The number of ether oxygens (including phenoxy) is 1. The number of carbonyl (C=O) groups excluding carboxylic acids is 1. The van der Waals surface area contributed by atoms with Crippen LogP contribution >= 0.6 is 0 Å². The number of hydrogen-bond acceptors (Lipinski definition) is 3. The maximum atomic E-state index is 12.6. The highest BCUT2D eigenvalue weighted by molar-refractivity contribution is 5.97. The first kappa shape index (κ1) is 15.0. The fourth-order valence-electron chi connectivity index (χ4n) is 4.59. The molecule has 1 fully saturated rings. The molecule has 0 aromatic heterocycles. The molecule has 3 heterocycles. The Labute approximate surface area is 147 Å². The highest BCUT2D eigenvalue weighted by atomic mass is 16.5. The van der Waals surface area contributed by atoms with Gasteiger partial charge in [0.15, 0.2) is 0 Å². The Balaban J connectivity index is 1.57. The minimum Gasteiger partial charge on any atom is -0.493 e. The summed E-state index contributed by atoms with van der Waals surface area (Å²) in [6.07, 6.45) is 0.963. The van der Waals surface area contributed by atoms with Gasteiger partial charge in [0.05, 0.1) is 6.61 Å². The smallest absolute Gasteiger partial charge is 0.251 e. The number of likely N-dealkylation sites (tertiary alicyclic amines) is 1. The van der Waals surface area contributed by atoms with Crippen molar-refractivity contribution < 1.29 is 9.53 Å². The largest absolute Gasteiger partial charge is 0.493 e. The summed E-state index contributed by atoms with van der Waals surface area (Å²) >= 11 is 0. The topological polar surface area (TPSA) is 41.6 Å². The molecule has 3 aliphatic rings. The van der Waals surface area contributed by atoms with E-state index in [-0.39, 0.29) is 5.91 Å². The van der Waals surface area contributed by atoms with Crippen molar-refractivity contribution in [3.63, 3.8) is 0 Å². The van der Waals surface area contributed by atoms with E-state index >= 15 is 0 Å². The lowest BCUT2D eigenvalue weighted by molar-refractivity contribution is 0.0951. The van der Waals surface area contributed by atoms with Crippen LogP contribution in [0, 0.1) is 5.92 Å². The zero-order valence-corrected chi connectivity index (χ0v) is 14.4. The standard InChI is InChI=1S/C21H22N2O2/c1-23-11-16-10-22-21(24)18-9-14(2-4-17(18)19(16)12-23)13-3-5-20-15(8-13)6-7-25-20/h2-5,8-9,16,19H,6-7,10-12H2,1H3,(H,22,24)/t16-,19-/m1/s1. The van der Waals surface area contributed by atoms with Gasteiger partial charge in [0.25, 0.3) is 5.91 Å². The second-order valence-corrected chi connectivity index (χ2v) is 7.52. The summed E-state index contributed by atoms with van der Waals surface area (Å²) in [5.41, 5.74) is 5.57. The molecule has 2 aromatic rings. The third-order valence-electron chi connectivity index (χ3n) is 5.87. The molecule has 1 amide bonds. The third-order valence-corrected chi connectivity index (χ3v) is 5.87. The molecule has 3 aliphatic heterocycles. The van der Waals surface area contributed by atoms with E-state index in [4.69, 9.17) is 4.74 Å². The van der Waals surface area contributed by atoms with Crippen molar-refractivity contribution in [3.05, 3.63) is 53.1 Å². The number of rotatable bonds is 1. The first-order valence-corrected chi connectivity index (χ1v) is 9.06. The molecule has 0 bridgehead atoms. The van der Waals surface area contributed by atoms with Gasteiger partial charge in [-0.3, -0.25) is 4.79 Å². The Morgan fingerprint density at radius 3 is 2.88 bits per heavy atom. The summed E-state index contributed by atoms with van der Waals surface area (Å²) < 4.78 is 5.60. The lowest BCUT2D eigenvalue weighted by atomic mass is 9.86. The van der Waals surface area contributed by atoms with Crippen molar-refractivity contribution in [1.29, 1.82) is 0 Å². The summed E-state index contributed by atoms with van der Waals surface area (Å²) in [5, 5.41) is 3.13. The molecule has 1 saturated heterocycles. The van der Waals surface area contributed by atoms with Gasteiger partial charge in [-0.15, -0.1) is 0 Å². The summed E-state index contributed by atoms with van der Waals surface area (Å²) in [6.45, 7) is 3.62. The average Bonchev–Trinajstić information content (AvgIpc) is 3.21. The minimum atomic E-state index is 0.0680. The van der Waals surface area contributed by atoms with Gasteiger partial charge < -0.3 is 15.0 Å². The first-order chi connectivity index (χ1) is 12.2. The Morgan fingerprint density at radius 2 is 1.96 bits per heavy atom. The van der Waals surface area contributed by atoms with Crippen LogP contribution in [0.5, 0.6) is 5.75 Å². The third kappa shape index (κ3) is 2.44. The second kappa shape index (κ2) is 5.60. The molecular formula is C21H22N2O2. The van der Waals surface area contributed by atoms with Crippen LogP contribution in [0.25, 0.3) is 11.1 Å². The van der Waals surface area contributed by atoms with E-state index in [0.717, 1.165) is 55.1 Å². The van der Waals surface area contributed by atoms with Gasteiger partial charge in [0, 0.05) is 37.5 Å². The van der Waals surface area contributed by atoms with Crippen LogP contribution in [-0.2, 0) is 6.42 Å². The van der Waals surface area contributed by atoms with E-state index in [1.807, 2.05) is 6.07 Å². The zero-order valence-electron chi connectivity index (χ0n) is 14.4. The number of likely N-dealkylation sites (N-methyl/N-ethyl adjacent to an activating group) is 1. The van der Waals surface area contributed by atoms with E-state index in [1.165, 1.54) is 11.1 Å². The Hall–Kier alpha value is -2.33. The predicted molar refractivity (Wildman–Crippen MR) is 97.1 cm³/mol. The van der Waals surface area contributed by atoms with Crippen LogP contribution in [0.3, 0.4) is 0 Å². The van der Waals surface area contributed by atoms with Gasteiger partial charge in [-0.1, -0.05) is 18.2 Å². The highest BCUT2D eigenvalue weighted by Crippen LogP contribution is 2.38. The molecule has 0 aliphatic carbocycles. The van der Waals surface area contributed by atoms with Crippen LogP contribution in [0.2, 0.25) is 0 Å². The van der Waals surface area contributed by atoms with E-state index in [2.05, 4.69) is 47.6 Å². The van der Waals surface area contributed by atoms with Crippen molar-refractivity contribution in [3.8, 4) is 16.9 Å². The first-order valence-electron chi connectivity index (χ1n) is 9.06. The van der Waals surface area contributed by atoms with Gasteiger partial charge in [0.1, 0.15) is 5.75 Å². The molecule has 4 nitrogen and oxygen atoms in total. The van der Waals surface area contributed by atoms with Crippen LogP contribution < -0.4 is 10.1 Å². The summed E-state index contributed by atoms with van der Waals surface area (Å²) in [7, 11) is 2.16. The molecule has 0 saturated carbocycles. The minimum absolute atomic E-state index is 0.0680. The van der Waals surface area contributed by atoms with E-state index in [9.17, 15) is 4.79 Å². The number of benzene rings is 2. The van der Waals surface area contributed by atoms with Crippen LogP contribution in [0.15, 0.2) is 36.4 Å². The lowest BCUT2D eigenvalue weighted by Crippen LogP contribution is -2.29. The Morgan fingerprint density at radius 1 is 1.12 bits per heavy atom. The molecule has 25 heavy (non-hydrogen) atoms. The number of carbonyl (C=O) groups is 1. The molecular weight excluding hydrogens is 312 g/mol. The van der Waals surface area contributed by atoms with Crippen LogP contribution in [0.4, 0.5) is 0 Å². The molecule has 0 spiro atoms. The van der Waals surface area contributed by atoms with Gasteiger partial charge in [0.2, 0.25) is 0 Å². The number of nitrogens with zero attached hydrogens (tertiary/aromatic N) is 1. The highest BCUT2D eigenvalue weighted by Gasteiger charge is 2.36. The van der Waals surface area contributed by atoms with Gasteiger partial charge in [-0.05, 0) is 53.4 Å². The normalized spacial score (nSPS) is 24.8. The Bertz CT molecular complexity index is 861. The second-order valence-electron chi connectivity index (χ2n) is 7.52. The summed E-state index contributed by atoms with van der Waals surface area (Å²) in [4.78, 5) is 15.0. The van der Waals surface area contributed by atoms with Gasteiger partial charge in [-0.25, -0.2) is 0 Å². The lowest BCUT2D eigenvalue weighted by Gasteiger charge is -2.17. The molecule has 0 unspecified atom stereocenters.